The Morgan fingerprint density at radius 3 is 2.24 bits per heavy atom. The average Bonchev–Trinajstić information content (AvgIpc) is 2.14. The fraction of sp³-hybridized carbons (Fsp3) is 0.400. The van der Waals surface area contributed by atoms with E-state index in [1.807, 2.05) is 0 Å². The molecular formula is C10H9BrF5N. The molecule has 7 heteroatoms. The maximum atomic E-state index is 12.5. The van der Waals surface area contributed by atoms with Gasteiger partial charge < -0.3 is 5.73 Å². The molecular weight excluding hydrogens is 309 g/mol. The molecule has 17 heavy (non-hydrogen) atoms. The lowest BCUT2D eigenvalue weighted by Crippen LogP contribution is -2.15. The Kier molecular flexibility index (Phi) is 4.48. The summed E-state index contributed by atoms with van der Waals surface area (Å²) in [6.45, 7) is 0. The zero-order valence-electron chi connectivity index (χ0n) is 8.44. The Balaban J connectivity index is 3.05. The molecule has 0 heterocycles. The summed E-state index contributed by atoms with van der Waals surface area (Å²) < 4.78 is 61.7. The van der Waals surface area contributed by atoms with Gasteiger partial charge in [0.2, 0.25) is 6.43 Å². The van der Waals surface area contributed by atoms with Gasteiger partial charge in [0.15, 0.2) is 0 Å². The second kappa shape index (κ2) is 5.30. The Labute approximate surface area is 103 Å². The zero-order chi connectivity index (χ0) is 13.2. The lowest BCUT2D eigenvalue weighted by Gasteiger charge is -2.15. The molecule has 0 amide bonds. The van der Waals surface area contributed by atoms with Crippen LogP contribution in [0.2, 0.25) is 0 Å². The van der Waals surface area contributed by atoms with Gasteiger partial charge in [-0.3, -0.25) is 0 Å². The van der Waals surface area contributed by atoms with Crippen LogP contribution in [-0.2, 0) is 6.18 Å². The molecule has 2 N–H and O–H groups in total. The highest BCUT2D eigenvalue weighted by atomic mass is 79.9. The summed E-state index contributed by atoms with van der Waals surface area (Å²) in [5, 5.41) is 0. The van der Waals surface area contributed by atoms with E-state index in [0.717, 1.165) is 12.1 Å². The fourth-order valence-electron chi connectivity index (χ4n) is 1.32. The van der Waals surface area contributed by atoms with Crippen molar-refractivity contribution in [3.05, 3.63) is 33.8 Å². The maximum Gasteiger partial charge on any atom is 0.416 e. The molecule has 0 radical (unpaired) electrons. The van der Waals surface area contributed by atoms with Crippen LogP contribution in [-0.4, -0.2) is 6.43 Å². The lowest BCUT2D eigenvalue weighted by atomic mass is 10.0. The van der Waals surface area contributed by atoms with Crippen molar-refractivity contribution in [3.8, 4) is 0 Å². The van der Waals surface area contributed by atoms with E-state index < -0.39 is 30.6 Å². The lowest BCUT2D eigenvalue weighted by molar-refractivity contribution is -0.137. The number of nitrogens with two attached hydrogens (primary N) is 1. The molecule has 0 bridgehead atoms. The number of hydrogen-bond acceptors (Lipinski definition) is 1. The molecule has 1 nitrogen and oxygen atoms in total. The first-order chi connectivity index (χ1) is 7.70. The number of hydrogen-bond donors (Lipinski definition) is 1. The highest BCUT2D eigenvalue weighted by molar-refractivity contribution is 9.10. The monoisotopic (exact) mass is 317 g/mol. The summed E-state index contributed by atoms with van der Waals surface area (Å²) in [5.74, 6) is 0. The number of halogens is 6. The van der Waals surface area contributed by atoms with Crippen LogP contribution in [0.5, 0.6) is 0 Å². The largest absolute Gasteiger partial charge is 0.416 e. The van der Waals surface area contributed by atoms with Crippen LogP contribution in [0.15, 0.2) is 22.7 Å². The van der Waals surface area contributed by atoms with Crippen LogP contribution in [0.3, 0.4) is 0 Å². The SMILES string of the molecule is N[C@H](CC(F)F)c1cc(Br)cc(C(F)(F)F)c1. The zero-order valence-corrected chi connectivity index (χ0v) is 10.0. The molecule has 0 aliphatic carbocycles. The van der Waals surface area contributed by atoms with Gasteiger partial charge in [-0.2, -0.15) is 13.2 Å². The molecule has 1 aromatic rings. The Morgan fingerprint density at radius 1 is 1.18 bits per heavy atom. The summed E-state index contributed by atoms with van der Waals surface area (Å²) in [4.78, 5) is 0. The molecule has 0 saturated carbocycles. The molecule has 0 aromatic heterocycles. The minimum atomic E-state index is -4.52. The van der Waals surface area contributed by atoms with Crippen LogP contribution < -0.4 is 5.73 Å². The Bertz CT molecular complexity index is 391. The predicted molar refractivity (Wildman–Crippen MR) is 56.7 cm³/mol. The van der Waals surface area contributed by atoms with Crippen molar-refractivity contribution in [1.29, 1.82) is 0 Å². The first kappa shape index (κ1) is 14.4. The fourth-order valence-corrected chi connectivity index (χ4v) is 1.83. The Hall–Kier alpha value is -0.690. The van der Waals surface area contributed by atoms with Crippen LogP contribution in [0.1, 0.15) is 23.6 Å². The molecule has 0 spiro atoms. The molecule has 0 saturated heterocycles. The van der Waals surface area contributed by atoms with Gasteiger partial charge in [-0.1, -0.05) is 15.9 Å². The van der Waals surface area contributed by atoms with Gasteiger partial charge >= 0.3 is 6.18 Å². The highest BCUT2D eigenvalue weighted by Crippen LogP contribution is 2.33. The third-order valence-corrected chi connectivity index (χ3v) is 2.57. The summed E-state index contributed by atoms with van der Waals surface area (Å²) in [6.07, 6.45) is -7.85. The molecule has 0 aliphatic heterocycles. The van der Waals surface area contributed by atoms with Crippen molar-refractivity contribution in [2.24, 2.45) is 5.73 Å². The van der Waals surface area contributed by atoms with E-state index in [1.165, 1.54) is 6.07 Å². The van der Waals surface area contributed by atoms with E-state index in [-0.39, 0.29) is 10.0 Å². The second-order valence-electron chi connectivity index (χ2n) is 3.50. The number of rotatable bonds is 3. The molecule has 0 aliphatic rings. The van der Waals surface area contributed by atoms with Crippen molar-refractivity contribution in [2.45, 2.75) is 25.1 Å². The smallest absolute Gasteiger partial charge is 0.324 e. The normalized spacial score (nSPS) is 14.1. The number of alkyl halides is 5. The highest BCUT2D eigenvalue weighted by Gasteiger charge is 2.31. The van der Waals surface area contributed by atoms with Gasteiger partial charge in [0.05, 0.1) is 5.56 Å². The summed E-state index contributed by atoms with van der Waals surface area (Å²) in [7, 11) is 0. The van der Waals surface area contributed by atoms with E-state index in [9.17, 15) is 22.0 Å². The number of benzene rings is 1. The van der Waals surface area contributed by atoms with Crippen LogP contribution in [0, 0.1) is 0 Å². The second-order valence-corrected chi connectivity index (χ2v) is 4.42. The average molecular weight is 318 g/mol. The quantitative estimate of drug-likeness (QED) is 0.834. The van der Waals surface area contributed by atoms with Gasteiger partial charge in [-0.15, -0.1) is 0 Å². The molecule has 0 fully saturated rings. The third kappa shape index (κ3) is 4.23. The van der Waals surface area contributed by atoms with Crippen molar-refractivity contribution < 1.29 is 22.0 Å². The molecule has 1 rings (SSSR count). The molecule has 1 aromatic carbocycles. The summed E-state index contributed by atoms with van der Waals surface area (Å²) in [5.41, 5.74) is 4.53. The van der Waals surface area contributed by atoms with E-state index in [2.05, 4.69) is 15.9 Å². The van der Waals surface area contributed by atoms with Crippen LogP contribution in [0.4, 0.5) is 22.0 Å². The maximum absolute atomic E-state index is 12.5. The van der Waals surface area contributed by atoms with Crippen molar-refractivity contribution in [3.63, 3.8) is 0 Å². The van der Waals surface area contributed by atoms with Crippen LogP contribution in [0.25, 0.3) is 0 Å². The third-order valence-electron chi connectivity index (χ3n) is 2.11. The van der Waals surface area contributed by atoms with E-state index in [4.69, 9.17) is 5.73 Å². The molecule has 0 unspecified atom stereocenters. The standard InChI is InChI=1S/C10H9BrF5N/c11-7-2-5(8(17)4-9(12)13)1-6(3-7)10(14,15)16/h1-3,8-9H,4,17H2/t8-/m1/s1. The topological polar surface area (TPSA) is 26.0 Å². The van der Waals surface area contributed by atoms with Gasteiger partial charge in [0.1, 0.15) is 0 Å². The van der Waals surface area contributed by atoms with Gasteiger partial charge in [0.25, 0.3) is 0 Å². The molecule has 96 valence electrons. The predicted octanol–water partition coefficient (Wildman–Crippen LogP) is 4.12. The summed E-state index contributed by atoms with van der Waals surface area (Å²) in [6, 6.07) is 1.85. The minimum absolute atomic E-state index is 0.0343. The van der Waals surface area contributed by atoms with Crippen molar-refractivity contribution >= 4 is 15.9 Å². The minimum Gasteiger partial charge on any atom is -0.324 e. The first-order valence-electron chi connectivity index (χ1n) is 4.61. The molecule has 1 atom stereocenters. The van der Waals surface area contributed by atoms with Crippen molar-refractivity contribution in [1.82, 2.24) is 0 Å². The summed E-state index contributed by atoms with van der Waals surface area (Å²) >= 11 is 2.90. The van der Waals surface area contributed by atoms with Gasteiger partial charge in [-0.25, -0.2) is 8.78 Å². The first-order valence-corrected chi connectivity index (χ1v) is 5.41. The van der Waals surface area contributed by atoms with Crippen molar-refractivity contribution in [2.75, 3.05) is 0 Å². The van der Waals surface area contributed by atoms with Gasteiger partial charge in [-0.05, 0) is 23.8 Å². The van der Waals surface area contributed by atoms with Gasteiger partial charge in [0, 0.05) is 16.9 Å². The van der Waals surface area contributed by atoms with Crippen LogP contribution >= 0.6 is 15.9 Å². The van der Waals surface area contributed by atoms with E-state index in [1.54, 1.807) is 0 Å². The van der Waals surface area contributed by atoms with E-state index in [0.29, 0.717) is 0 Å². The Morgan fingerprint density at radius 2 is 1.76 bits per heavy atom. The van der Waals surface area contributed by atoms with E-state index >= 15 is 0 Å².